The molecule has 64 valence electrons. The van der Waals surface area contributed by atoms with Crippen LogP contribution in [-0.2, 0) is 0 Å². The zero-order valence-corrected chi connectivity index (χ0v) is 7.20. The smallest absolute Gasteiger partial charge is 0.150 e. The minimum absolute atomic E-state index is 0.372. The average molecular weight is 165 g/mol. The summed E-state index contributed by atoms with van der Waals surface area (Å²) in [6.07, 6.45) is 0. The maximum Gasteiger partial charge on any atom is 0.150 e. The van der Waals surface area contributed by atoms with E-state index in [1.807, 2.05) is 19.9 Å². The van der Waals surface area contributed by atoms with Gasteiger partial charge in [-0.2, -0.15) is 0 Å². The zero-order chi connectivity index (χ0) is 8.97. The summed E-state index contributed by atoms with van der Waals surface area (Å²) in [6, 6.07) is 5.35. The molecule has 0 saturated heterocycles. The van der Waals surface area contributed by atoms with Crippen LogP contribution in [-0.4, -0.2) is 6.61 Å². The number of rotatable bonds is 3. The van der Waals surface area contributed by atoms with E-state index in [2.05, 4.69) is 5.18 Å². The summed E-state index contributed by atoms with van der Waals surface area (Å²) < 4.78 is 5.19. The van der Waals surface area contributed by atoms with Crippen LogP contribution in [0.3, 0.4) is 0 Å². The molecule has 1 aromatic carbocycles. The third-order valence-corrected chi connectivity index (χ3v) is 1.51. The van der Waals surface area contributed by atoms with Crippen molar-refractivity contribution in [1.82, 2.24) is 0 Å². The van der Waals surface area contributed by atoms with E-state index < -0.39 is 0 Å². The van der Waals surface area contributed by atoms with Gasteiger partial charge in [-0.25, -0.2) is 0 Å². The van der Waals surface area contributed by atoms with Crippen LogP contribution < -0.4 is 4.74 Å². The molecule has 0 atom stereocenters. The molecule has 0 bridgehead atoms. The summed E-state index contributed by atoms with van der Waals surface area (Å²) in [5.74, 6) is 0.554. The Hall–Kier alpha value is -1.38. The monoisotopic (exact) mass is 165 g/mol. The molecule has 0 spiro atoms. The lowest BCUT2D eigenvalue weighted by Gasteiger charge is -2.04. The molecule has 0 aromatic heterocycles. The van der Waals surface area contributed by atoms with Crippen molar-refractivity contribution >= 4 is 5.69 Å². The fourth-order valence-corrected chi connectivity index (χ4v) is 0.976. The van der Waals surface area contributed by atoms with Crippen LogP contribution >= 0.6 is 0 Å². The van der Waals surface area contributed by atoms with Gasteiger partial charge in [0.25, 0.3) is 0 Å². The van der Waals surface area contributed by atoms with Gasteiger partial charge in [-0.15, -0.1) is 4.91 Å². The first-order chi connectivity index (χ1) is 5.77. The van der Waals surface area contributed by atoms with Crippen molar-refractivity contribution in [2.75, 3.05) is 6.61 Å². The lowest BCUT2D eigenvalue weighted by molar-refractivity contribution is 0.341. The predicted octanol–water partition coefficient (Wildman–Crippen LogP) is 2.79. The first kappa shape index (κ1) is 8.71. The number of nitroso groups, excluding NO2 is 1. The zero-order valence-electron chi connectivity index (χ0n) is 7.20. The quantitative estimate of drug-likeness (QED) is 0.646. The van der Waals surface area contributed by atoms with Crippen LogP contribution in [0.25, 0.3) is 0 Å². The molecule has 1 aromatic rings. The lowest BCUT2D eigenvalue weighted by Crippen LogP contribution is -1.91. The van der Waals surface area contributed by atoms with Crippen molar-refractivity contribution in [2.45, 2.75) is 13.8 Å². The molecular weight excluding hydrogens is 154 g/mol. The Labute approximate surface area is 71.3 Å². The van der Waals surface area contributed by atoms with Gasteiger partial charge in [0.15, 0.2) is 0 Å². The van der Waals surface area contributed by atoms with Gasteiger partial charge in [-0.3, -0.25) is 0 Å². The van der Waals surface area contributed by atoms with Gasteiger partial charge in [0.2, 0.25) is 0 Å². The molecule has 0 aliphatic heterocycles. The van der Waals surface area contributed by atoms with E-state index in [4.69, 9.17) is 4.74 Å². The van der Waals surface area contributed by atoms with E-state index in [0.717, 1.165) is 5.56 Å². The summed E-state index contributed by atoms with van der Waals surface area (Å²) >= 11 is 0. The number of hydrogen-bond acceptors (Lipinski definition) is 3. The first-order valence-corrected chi connectivity index (χ1v) is 3.84. The molecule has 0 aliphatic rings. The summed E-state index contributed by atoms with van der Waals surface area (Å²) in [6.45, 7) is 4.32. The molecule has 0 heterocycles. The van der Waals surface area contributed by atoms with E-state index >= 15 is 0 Å². The van der Waals surface area contributed by atoms with Crippen LogP contribution in [0.1, 0.15) is 12.5 Å². The maximum atomic E-state index is 10.3. The summed E-state index contributed by atoms with van der Waals surface area (Å²) in [5.41, 5.74) is 1.38. The van der Waals surface area contributed by atoms with E-state index in [1.54, 1.807) is 12.1 Å². The fraction of sp³-hybridized carbons (Fsp3) is 0.333. The molecular formula is C9H11NO2. The van der Waals surface area contributed by atoms with Gasteiger partial charge in [0.05, 0.1) is 6.61 Å². The minimum atomic E-state index is 0.372. The predicted molar refractivity (Wildman–Crippen MR) is 47.8 cm³/mol. The number of aryl methyl sites for hydroxylation is 1. The Bertz CT molecular complexity index is 284. The molecule has 1 rings (SSSR count). The Morgan fingerprint density at radius 1 is 1.50 bits per heavy atom. The second-order valence-corrected chi connectivity index (χ2v) is 2.50. The molecule has 12 heavy (non-hydrogen) atoms. The highest BCUT2D eigenvalue weighted by molar-refractivity contribution is 5.53. The summed E-state index contributed by atoms with van der Waals surface area (Å²) in [4.78, 5) is 10.3. The first-order valence-electron chi connectivity index (χ1n) is 3.84. The van der Waals surface area contributed by atoms with E-state index in [1.165, 1.54) is 0 Å². The molecule has 0 N–H and O–H groups in total. The average Bonchev–Trinajstić information content (AvgIpc) is 2.08. The highest BCUT2D eigenvalue weighted by Crippen LogP contribution is 2.27. The highest BCUT2D eigenvalue weighted by atomic mass is 16.5. The number of nitrogens with zero attached hydrogens (tertiary/aromatic N) is 1. The van der Waals surface area contributed by atoms with Crippen LogP contribution in [0.2, 0.25) is 0 Å². The van der Waals surface area contributed by atoms with Gasteiger partial charge >= 0.3 is 0 Å². The topological polar surface area (TPSA) is 38.7 Å². The Morgan fingerprint density at radius 3 is 2.83 bits per heavy atom. The van der Waals surface area contributed by atoms with E-state index in [0.29, 0.717) is 18.0 Å². The van der Waals surface area contributed by atoms with Gasteiger partial charge in [0, 0.05) is 0 Å². The molecule has 0 aliphatic carbocycles. The lowest BCUT2D eigenvalue weighted by atomic mass is 10.2. The van der Waals surface area contributed by atoms with Gasteiger partial charge < -0.3 is 4.74 Å². The van der Waals surface area contributed by atoms with Crippen LogP contribution in [0.4, 0.5) is 5.69 Å². The Kier molecular flexibility index (Phi) is 2.80. The largest absolute Gasteiger partial charge is 0.491 e. The molecule has 0 unspecified atom stereocenters. The van der Waals surface area contributed by atoms with E-state index in [-0.39, 0.29) is 0 Å². The second kappa shape index (κ2) is 3.85. The Balaban J connectivity index is 3.02. The molecule has 0 fully saturated rings. The van der Waals surface area contributed by atoms with Crippen LogP contribution in [0.5, 0.6) is 5.75 Å². The second-order valence-electron chi connectivity index (χ2n) is 2.50. The molecule has 3 nitrogen and oxygen atoms in total. The molecule has 3 heteroatoms. The summed E-state index contributed by atoms with van der Waals surface area (Å²) in [7, 11) is 0. The summed E-state index contributed by atoms with van der Waals surface area (Å²) in [5, 5.41) is 2.87. The normalized spacial score (nSPS) is 9.50. The van der Waals surface area contributed by atoms with Gasteiger partial charge in [0.1, 0.15) is 11.4 Å². The van der Waals surface area contributed by atoms with Crippen molar-refractivity contribution < 1.29 is 4.74 Å². The SMILES string of the molecule is CCOc1ccc(C)cc1N=O. The third kappa shape index (κ3) is 1.81. The van der Waals surface area contributed by atoms with Crippen molar-refractivity contribution in [2.24, 2.45) is 5.18 Å². The number of ether oxygens (including phenoxy) is 1. The standard InChI is InChI=1S/C9H11NO2/c1-3-12-9-5-4-7(2)6-8(9)10-11/h4-6H,3H2,1-2H3. The highest BCUT2D eigenvalue weighted by Gasteiger charge is 2.02. The molecule has 0 saturated carbocycles. The van der Waals surface area contributed by atoms with Gasteiger partial charge in [-0.05, 0) is 36.7 Å². The Morgan fingerprint density at radius 2 is 2.25 bits per heavy atom. The minimum Gasteiger partial charge on any atom is -0.491 e. The van der Waals surface area contributed by atoms with Crippen LogP contribution in [0.15, 0.2) is 23.4 Å². The maximum absolute atomic E-state index is 10.3. The third-order valence-electron chi connectivity index (χ3n) is 1.51. The fourth-order valence-electron chi connectivity index (χ4n) is 0.976. The van der Waals surface area contributed by atoms with E-state index in [9.17, 15) is 4.91 Å². The van der Waals surface area contributed by atoms with Crippen molar-refractivity contribution in [3.05, 3.63) is 28.7 Å². The molecule has 0 radical (unpaired) electrons. The van der Waals surface area contributed by atoms with Crippen LogP contribution in [0, 0.1) is 11.8 Å². The molecule has 0 amide bonds. The van der Waals surface area contributed by atoms with Gasteiger partial charge in [-0.1, -0.05) is 6.07 Å². The number of hydrogen-bond donors (Lipinski definition) is 0. The van der Waals surface area contributed by atoms with Crippen molar-refractivity contribution in [1.29, 1.82) is 0 Å². The number of benzene rings is 1. The van der Waals surface area contributed by atoms with Crippen molar-refractivity contribution in [3.63, 3.8) is 0 Å². The van der Waals surface area contributed by atoms with Crippen molar-refractivity contribution in [3.8, 4) is 5.75 Å².